The Hall–Kier alpha value is -2.59. The van der Waals surface area contributed by atoms with Gasteiger partial charge in [-0.15, -0.1) is 0 Å². The van der Waals surface area contributed by atoms with Gasteiger partial charge in [0.25, 0.3) is 0 Å². The van der Waals surface area contributed by atoms with Crippen molar-refractivity contribution in [2.45, 2.75) is 90.9 Å². The highest BCUT2D eigenvalue weighted by atomic mass is 19.1. The smallest absolute Gasteiger partial charge is 0.134 e. The van der Waals surface area contributed by atoms with Crippen molar-refractivity contribution in [2.24, 2.45) is 11.8 Å². The summed E-state index contributed by atoms with van der Waals surface area (Å²) in [5, 5.41) is 1.61. The Balaban J connectivity index is 1.29. The molecule has 3 aromatic rings. The summed E-state index contributed by atoms with van der Waals surface area (Å²) in [5.74, 6) is 8.37. The first-order valence-electron chi connectivity index (χ1n) is 14.0. The largest absolute Gasteiger partial charge is 0.206 e. The van der Waals surface area contributed by atoms with Crippen molar-refractivity contribution in [1.29, 1.82) is 0 Å². The van der Waals surface area contributed by atoms with E-state index in [1.54, 1.807) is 0 Å². The van der Waals surface area contributed by atoms with Gasteiger partial charge in [-0.3, -0.25) is 0 Å². The molecule has 1 aliphatic rings. The Morgan fingerprint density at radius 1 is 0.714 bits per heavy atom. The van der Waals surface area contributed by atoms with E-state index in [0.717, 1.165) is 46.8 Å². The molecule has 35 heavy (non-hydrogen) atoms. The fraction of sp³-hybridized carbons (Fsp3) is 0.471. The second-order valence-electron chi connectivity index (χ2n) is 10.6. The van der Waals surface area contributed by atoms with Crippen molar-refractivity contribution in [1.82, 2.24) is 0 Å². The van der Waals surface area contributed by atoms with Crippen LogP contribution in [0.5, 0.6) is 0 Å². The molecule has 1 saturated carbocycles. The molecule has 1 fully saturated rings. The number of hydrogen-bond acceptors (Lipinski definition) is 0. The summed E-state index contributed by atoms with van der Waals surface area (Å²) >= 11 is 0. The van der Waals surface area contributed by atoms with Crippen LogP contribution >= 0.6 is 0 Å². The summed E-state index contributed by atoms with van der Waals surface area (Å²) in [6, 6.07) is 18.5. The van der Waals surface area contributed by atoms with Crippen molar-refractivity contribution >= 4 is 10.8 Å². The number of fused-ring (bicyclic) bond motifs is 1. The van der Waals surface area contributed by atoms with Gasteiger partial charge in [0.05, 0.1) is 0 Å². The average Bonchev–Trinajstić information content (AvgIpc) is 2.89. The number of hydrogen-bond donors (Lipinski definition) is 0. The third-order valence-corrected chi connectivity index (χ3v) is 7.88. The molecule has 0 aliphatic heterocycles. The van der Waals surface area contributed by atoms with Crippen LogP contribution in [0.25, 0.3) is 10.8 Å². The van der Waals surface area contributed by atoms with Crippen molar-refractivity contribution in [3.8, 4) is 11.8 Å². The first kappa shape index (κ1) is 25.5. The molecule has 0 heterocycles. The molecular weight excluding hydrogens is 427 g/mol. The molecule has 0 aromatic heterocycles. The van der Waals surface area contributed by atoms with E-state index in [0.29, 0.717) is 5.39 Å². The minimum atomic E-state index is -0.0838. The Morgan fingerprint density at radius 2 is 1.40 bits per heavy atom. The molecule has 3 aromatic carbocycles. The lowest BCUT2D eigenvalue weighted by atomic mass is 9.78. The van der Waals surface area contributed by atoms with Gasteiger partial charge in [-0.1, -0.05) is 114 Å². The Kier molecular flexibility index (Phi) is 9.42. The number of rotatable bonds is 9. The van der Waals surface area contributed by atoms with E-state index < -0.39 is 0 Å². The predicted octanol–water partition coefficient (Wildman–Crippen LogP) is 9.65. The first-order chi connectivity index (χ1) is 17.2. The van der Waals surface area contributed by atoms with Crippen LogP contribution in [0.4, 0.5) is 4.39 Å². The summed E-state index contributed by atoms with van der Waals surface area (Å²) in [6.45, 7) is 4.38. The van der Waals surface area contributed by atoms with E-state index >= 15 is 0 Å². The molecule has 4 rings (SSSR count). The normalized spacial score (nSPS) is 17.8. The molecule has 1 aliphatic carbocycles. The van der Waals surface area contributed by atoms with E-state index in [1.165, 1.54) is 69.8 Å². The Labute approximate surface area is 212 Å². The SMILES string of the molecule is CCCCCC1CCC(CCc2ccc(C#Cc3ccc4c(F)c(CCC)ccc4c3)cc2)CC1. The lowest BCUT2D eigenvalue weighted by Crippen LogP contribution is -2.15. The highest BCUT2D eigenvalue weighted by Crippen LogP contribution is 2.34. The van der Waals surface area contributed by atoms with E-state index in [2.05, 4.69) is 50.0 Å². The molecule has 0 bridgehead atoms. The third-order valence-electron chi connectivity index (χ3n) is 7.88. The van der Waals surface area contributed by atoms with Crippen molar-refractivity contribution in [2.75, 3.05) is 0 Å². The second kappa shape index (κ2) is 12.9. The van der Waals surface area contributed by atoms with Gasteiger partial charge in [0.2, 0.25) is 0 Å². The zero-order chi connectivity index (χ0) is 24.5. The van der Waals surface area contributed by atoms with E-state index in [9.17, 15) is 4.39 Å². The molecule has 184 valence electrons. The highest BCUT2D eigenvalue weighted by molar-refractivity contribution is 5.85. The lowest BCUT2D eigenvalue weighted by molar-refractivity contribution is 0.249. The van der Waals surface area contributed by atoms with Gasteiger partial charge in [0.15, 0.2) is 0 Å². The molecule has 0 saturated heterocycles. The molecule has 0 unspecified atom stereocenters. The van der Waals surface area contributed by atoms with Gasteiger partial charge in [-0.05, 0) is 71.9 Å². The maximum absolute atomic E-state index is 14.7. The van der Waals surface area contributed by atoms with Crippen LogP contribution in [0, 0.1) is 29.5 Å². The standard InChI is InChI=1S/C34H41F/c1-3-5-6-8-26-9-11-27(12-10-26)13-14-28-15-17-29(18-16-28)19-20-30-21-24-33-32(25-30)23-22-31(7-4-2)34(33)35/h15-18,21-27H,3-14H2,1-2H3. The summed E-state index contributed by atoms with van der Waals surface area (Å²) in [4.78, 5) is 0. The fourth-order valence-corrected chi connectivity index (χ4v) is 5.64. The Bertz CT molecular complexity index is 1140. The van der Waals surface area contributed by atoms with E-state index in [-0.39, 0.29) is 5.82 Å². The Morgan fingerprint density at radius 3 is 2.11 bits per heavy atom. The fourth-order valence-electron chi connectivity index (χ4n) is 5.64. The van der Waals surface area contributed by atoms with Gasteiger partial charge in [-0.2, -0.15) is 0 Å². The van der Waals surface area contributed by atoms with Gasteiger partial charge in [0.1, 0.15) is 5.82 Å². The third kappa shape index (κ3) is 7.20. The van der Waals surface area contributed by atoms with Crippen LogP contribution in [0.15, 0.2) is 54.6 Å². The molecule has 0 spiro atoms. The zero-order valence-electron chi connectivity index (χ0n) is 21.7. The summed E-state index contributed by atoms with van der Waals surface area (Å²) < 4.78 is 14.7. The van der Waals surface area contributed by atoms with Crippen LogP contribution in [0.2, 0.25) is 0 Å². The highest BCUT2D eigenvalue weighted by Gasteiger charge is 2.20. The maximum Gasteiger partial charge on any atom is 0.134 e. The van der Waals surface area contributed by atoms with Gasteiger partial charge in [-0.25, -0.2) is 4.39 Å². The van der Waals surface area contributed by atoms with Crippen molar-refractivity contribution in [3.05, 3.63) is 82.7 Å². The quantitative estimate of drug-likeness (QED) is 0.216. The molecule has 0 radical (unpaired) electrons. The molecular formula is C34H41F. The number of benzene rings is 3. The molecule has 1 heteroatoms. The minimum Gasteiger partial charge on any atom is -0.206 e. The number of halogens is 1. The molecule has 0 nitrogen and oxygen atoms in total. The van der Waals surface area contributed by atoms with E-state index in [4.69, 9.17) is 0 Å². The van der Waals surface area contributed by atoms with Crippen molar-refractivity contribution < 1.29 is 4.39 Å². The van der Waals surface area contributed by atoms with Crippen LogP contribution in [-0.2, 0) is 12.8 Å². The summed E-state index contributed by atoms with van der Waals surface area (Å²) in [5.41, 5.74) is 4.18. The summed E-state index contributed by atoms with van der Waals surface area (Å²) in [6.07, 6.45) is 15.6. The van der Waals surface area contributed by atoms with Crippen LogP contribution in [0.1, 0.15) is 100 Å². The second-order valence-corrected chi connectivity index (χ2v) is 10.6. The topological polar surface area (TPSA) is 0 Å². The average molecular weight is 469 g/mol. The van der Waals surface area contributed by atoms with Gasteiger partial charge < -0.3 is 0 Å². The minimum absolute atomic E-state index is 0.0838. The molecule has 0 N–H and O–H groups in total. The van der Waals surface area contributed by atoms with Crippen molar-refractivity contribution in [3.63, 3.8) is 0 Å². The number of unbranched alkanes of at least 4 members (excludes halogenated alkanes) is 2. The lowest BCUT2D eigenvalue weighted by Gasteiger charge is -2.28. The van der Waals surface area contributed by atoms with Crippen LogP contribution < -0.4 is 0 Å². The van der Waals surface area contributed by atoms with Gasteiger partial charge in [0, 0.05) is 16.5 Å². The molecule has 0 atom stereocenters. The monoisotopic (exact) mass is 468 g/mol. The maximum atomic E-state index is 14.7. The van der Waals surface area contributed by atoms with Crippen LogP contribution in [-0.4, -0.2) is 0 Å². The first-order valence-corrected chi connectivity index (χ1v) is 14.0. The predicted molar refractivity (Wildman–Crippen MR) is 148 cm³/mol. The number of aryl methyl sites for hydroxylation is 2. The van der Waals surface area contributed by atoms with E-state index in [1.807, 2.05) is 30.3 Å². The summed E-state index contributed by atoms with van der Waals surface area (Å²) in [7, 11) is 0. The zero-order valence-corrected chi connectivity index (χ0v) is 21.7. The van der Waals surface area contributed by atoms with Gasteiger partial charge >= 0.3 is 0 Å². The van der Waals surface area contributed by atoms with Crippen LogP contribution in [0.3, 0.4) is 0 Å². The molecule has 0 amide bonds.